The van der Waals surface area contributed by atoms with Crippen LogP contribution >= 0.6 is 0 Å². The fourth-order valence-electron chi connectivity index (χ4n) is 3.29. The monoisotopic (exact) mass is 328 g/mol. The van der Waals surface area contributed by atoms with Gasteiger partial charge in [0.05, 0.1) is 17.3 Å². The van der Waals surface area contributed by atoms with Crippen LogP contribution in [0.1, 0.15) is 40.7 Å². The summed E-state index contributed by atoms with van der Waals surface area (Å²) in [6.45, 7) is 8.95. The lowest BCUT2D eigenvalue weighted by Gasteiger charge is -2.40. The Hall–Kier alpha value is -2.28. The molecule has 2 aromatic rings. The van der Waals surface area contributed by atoms with Crippen molar-refractivity contribution in [3.8, 4) is 0 Å². The number of nitrogens with zero attached hydrogens (tertiary/aromatic N) is 6. The van der Waals surface area contributed by atoms with Gasteiger partial charge in [0.25, 0.3) is 5.91 Å². The molecule has 1 atom stereocenters. The van der Waals surface area contributed by atoms with E-state index in [-0.39, 0.29) is 11.9 Å². The average molecular weight is 328 g/mol. The lowest BCUT2D eigenvalue weighted by Crippen LogP contribution is -2.51. The SMILES string of the molecule is CCN1CCN(C(=O)c2cnc(C)nc2C)C[C@@H]1c1nccn1C. The van der Waals surface area contributed by atoms with Crippen molar-refractivity contribution in [3.63, 3.8) is 0 Å². The number of aromatic nitrogens is 4. The van der Waals surface area contributed by atoms with Gasteiger partial charge in [-0.2, -0.15) is 0 Å². The third-order valence-corrected chi connectivity index (χ3v) is 4.67. The first-order chi connectivity index (χ1) is 11.5. The Labute approximate surface area is 142 Å². The highest BCUT2D eigenvalue weighted by Crippen LogP contribution is 2.25. The van der Waals surface area contributed by atoms with Crippen molar-refractivity contribution in [1.82, 2.24) is 29.3 Å². The second-order valence-corrected chi connectivity index (χ2v) is 6.21. The molecule has 0 aliphatic carbocycles. The van der Waals surface area contributed by atoms with E-state index < -0.39 is 0 Å². The van der Waals surface area contributed by atoms with Crippen LogP contribution in [0.15, 0.2) is 18.6 Å². The van der Waals surface area contributed by atoms with Crippen LogP contribution in [0.2, 0.25) is 0 Å². The molecule has 1 aliphatic rings. The number of piperazine rings is 1. The highest BCUT2D eigenvalue weighted by molar-refractivity contribution is 5.95. The van der Waals surface area contributed by atoms with Crippen LogP contribution in [0, 0.1) is 13.8 Å². The van der Waals surface area contributed by atoms with Gasteiger partial charge in [-0.05, 0) is 20.4 Å². The summed E-state index contributed by atoms with van der Waals surface area (Å²) in [6, 6.07) is 0.111. The molecular weight excluding hydrogens is 304 g/mol. The summed E-state index contributed by atoms with van der Waals surface area (Å²) < 4.78 is 2.03. The second-order valence-electron chi connectivity index (χ2n) is 6.21. The number of likely N-dealkylation sites (N-methyl/N-ethyl adjacent to an activating group) is 1. The molecule has 7 nitrogen and oxygen atoms in total. The van der Waals surface area contributed by atoms with Crippen molar-refractivity contribution < 1.29 is 4.79 Å². The summed E-state index contributed by atoms with van der Waals surface area (Å²) >= 11 is 0. The molecule has 7 heteroatoms. The van der Waals surface area contributed by atoms with E-state index in [1.54, 1.807) is 6.20 Å². The molecule has 1 saturated heterocycles. The van der Waals surface area contributed by atoms with Gasteiger partial charge in [-0.25, -0.2) is 15.0 Å². The summed E-state index contributed by atoms with van der Waals surface area (Å²) in [5.41, 5.74) is 1.32. The summed E-state index contributed by atoms with van der Waals surface area (Å²) in [5.74, 6) is 1.68. The third kappa shape index (κ3) is 3.03. The van der Waals surface area contributed by atoms with Crippen LogP contribution in [0.4, 0.5) is 0 Å². The lowest BCUT2D eigenvalue weighted by molar-refractivity contribution is 0.0471. The van der Waals surface area contributed by atoms with Gasteiger partial charge >= 0.3 is 0 Å². The first kappa shape index (κ1) is 16.6. The van der Waals surface area contributed by atoms with Crippen LogP contribution in [0.25, 0.3) is 0 Å². The third-order valence-electron chi connectivity index (χ3n) is 4.67. The molecule has 3 heterocycles. The zero-order valence-electron chi connectivity index (χ0n) is 14.7. The standard InChI is InChI=1S/C17H24N6O/c1-5-22-8-9-23(11-15(22)16-18-6-7-21(16)4)17(24)14-10-19-13(3)20-12(14)2/h6-7,10,15H,5,8-9,11H2,1-4H3/t15-/m1/s1. The molecule has 128 valence electrons. The fourth-order valence-corrected chi connectivity index (χ4v) is 3.29. The molecule has 0 bridgehead atoms. The van der Waals surface area contributed by atoms with Crippen LogP contribution in [0.3, 0.4) is 0 Å². The Kier molecular flexibility index (Phi) is 4.62. The normalized spacial score (nSPS) is 18.8. The Morgan fingerprint density at radius 3 is 2.71 bits per heavy atom. The zero-order valence-corrected chi connectivity index (χ0v) is 14.7. The van der Waals surface area contributed by atoms with Crippen molar-refractivity contribution in [2.24, 2.45) is 7.05 Å². The Morgan fingerprint density at radius 2 is 2.08 bits per heavy atom. The Balaban J connectivity index is 1.85. The molecule has 0 N–H and O–H groups in total. The summed E-state index contributed by atoms with van der Waals surface area (Å²) in [4.78, 5) is 30.2. The van der Waals surface area contributed by atoms with Gasteiger partial charge in [-0.3, -0.25) is 9.69 Å². The van der Waals surface area contributed by atoms with Crippen LogP contribution in [0.5, 0.6) is 0 Å². The van der Waals surface area contributed by atoms with Crippen molar-refractivity contribution in [2.45, 2.75) is 26.8 Å². The van der Waals surface area contributed by atoms with E-state index >= 15 is 0 Å². The van der Waals surface area contributed by atoms with Crippen molar-refractivity contribution in [3.05, 3.63) is 41.5 Å². The molecule has 0 unspecified atom stereocenters. The minimum atomic E-state index is 0.00228. The largest absolute Gasteiger partial charge is 0.337 e. The summed E-state index contributed by atoms with van der Waals surface area (Å²) in [5, 5.41) is 0. The van der Waals surface area contributed by atoms with Crippen molar-refractivity contribution in [2.75, 3.05) is 26.2 Å². The Morgan fingerprint density at radius 1 is 1.29 bits per heavy atom. The predicted octanol–water partition coefficient (Wildman–Crippen LogP) is 1.35. The van der Waals surface area contributed by atoms with Gasteiger partial charge in [0, 0.05) is 45.3 Å². The first-order valence-corrected chi connectivity index (χ1v) is 8.32. The van der Waals surface area contributed by atoms with Crippen LogP contribution < -0.4 is 0 Å². The minimum absolute atomic E-state index is 0.00228. The molecular formula is C17H24N6O. The molecule has 1 fully saturated rings. The number of hydrogen-bond acceptors (Lipinski definition) is 5. The molecule has 0 spiro atoms. The smallest absolute Gasteiger partial charge is 0.257 e. The van der Waals surface area contributed by atoms with E-state index in [1.165, 1.54) is 0 Å². The number of rotatable bonds is 3. The van der Waals surface area contributed by atoms with Gasteiger partial charge in [-0.15, -0.1) is 0 Å². The van der Waals surface area contributed by atoms with Gasteiger partial charge in [-0.1, -0.05) is 6.92 Å². The number of amides is 1. The van der Waals surface area contributed by atoms with Crippen LogP contribution in [-0.4, -0.2) is 61.4 Å². The van der Waals surface area contributed by atoms with E-state index in [1.807, 2.05) is 42.8 Å². The van der Waals surface area contributed by atoms with Crippen molar-refractivity contribution >= 4 is 5.91 Å². The summed E-state index contributed by atoms with van der Waals surface area (Å²) in [7, 11) is 1.99. The molecule has 0 radical (unpaired) electrons. The van der Waals surface area contributed by atoms with Gasteiger partial charge < -0.3 is 9.47 Å². The molecule has 0 aromatic carbocycles. The van der Waals surface area contributed by atoms with E-state index in [9.17, 15) is 4.79 Å². The molecule has 0 saturated carbocycles. The fraction of sp³-hybridized carbons (Fsp3) is 0.529. The quantitative estimate of drug-likeness (QED) is 0.851. The lowest BCUT2D eigenvalue weighted by atomic mass is 10.1. The van der Waals surface area contributed by atoms with Crippen LogP contribution in [-0.2, 0) is 7.05 Å². The highest BCUT2D eigenvalue weighted by atomic mass is 16.2. The van der Waals surface area contributed by atoms with Gasteiger partial charge in [0.1, 0.15) is 11.6 Å². The average Bonchev–Trinajstić information content (AvgIpc) is 2.99. The number of carbonyl (C=O) groups is 1. The zero-order chi connectivity index (χ0) is 17.3. The van der Waals surface area contributed by atoms with E-state index in [0.29, 0.717) is 24.5 Å². The van der Waals surface area contributed by atoms with Crippen molar-refractivity contribution in [1.29, 1.82) is 0 Å². The molecule has 2 aromatic heterocycles. The number of hydrogen-bond donors (Lipinski definition) is 0. The summed E-state index contributed by atoms with van der Waals surface area (Å²) in [6.07, 6.45) is 5.39. The number of carbonyl (C=O) groups excluding carboxylic acids is 1. The van der Waals surface area contributed by atoms with Gasteiger partial charge in [0.15, 0.2) is 0 Å². The second kappa shape index (κ2) is 6.68. The molecule has 1 aliphatic heterocycles. The molecule has 3 rings (SSSR count). The maximum atomic E-state index is 12.9. The van der Waals surface area contributed by atoms with E-state index in [0.717, 1.165) is 24.6 Å². The van der Waals surface area contributed by atoms with E-state index in [4.69, 9.17) is 0 Å². The maximum absolute atomic E-state index is 12.9. The van der Waals surface area contributed by atoms with Gasteiger partial charge in [0.2, 0.25) is 0 Å². The predicted molar refractivity (Wildman–Crippen MR) is 90.6 cm³/mol. The maximum Gasteiger partial charge on any atom is 0.257 e. The number of aryl methyl sites for hydroxylation is 3. The first-order valence-electron chi connectivity index (χ1n) is 8.32. The Bertz CT molecular complexity index is 740. The molecule has 24 heavy (non-hydrogen) atoms. The minimum Gasteiger partial charge on any atom is -0.337 e. The van der Waals surface area contributed by atoms with E-state index in [2.05, 4.69) is 26.8 Å². The number of imidazole rings is 1. The topological polar surface area (TPSA) is 67.2 Å². The molecule has 1 amide bonds. The highest BCUT2D eigenvalue weighted by Gasteiger charge is 2.32.